The molecule has 0 spiro atoms. The van der Waals surface area contributed by atoms with Crippen LogP contribution >= 0.6 is 0 Å². The highest BCUT2D eigenvalue weighted by atomic mass is 32.2. The highest BCUT2D eigenvalue weighted by molar-refractivity contribution is 7.92. The number of nitrogens with zero attached hydrogens (tertiary/aromatic N) is 2. The lowest BCUT2D eigenvalue weighted by Gasteiger charge is -2.32. The topological polar surface area (TPSA) is 96.0 Å². The Bertz CT molecular complexity index is 1380. The fraction of sp³-hybridized carbons (Fsp3) is 0.333. The lowest BCUT2D eigenvalue weighted by atomic mass is 10.1. The summed E-state index contributed by atoms with van der Waals surface area (Å²) < 4.78 is 48.7. The van der Waals surface area contributed by atoms with Crippen molar-refractivity contribution in [3.05, 3.63) is 90.2 Å². The van der Waals surface area contributed by atoms with Crippen molar-refractivity contribution in [3.8, 4) is 5.75 Å². The van der Waals surface area contributed by atoms with Gasteiger partial charge in [0, 0.05) is 18.2 Å². The quantitative estimate of drug-likeness (QED) is 0.321. The number of ether oxygens (including phenoxy) is 1. The Labute approximate surface area is 235 Å². The van der Waals surface area contributed by atoms with Crippen molar-refractivity contribution in [1.82, 2.24) is 10.2 Å². The van der Waals surface area contributed by atoms with Crippen LogP contribution < -0.4 is 14.4 Å². The third-order valence-electron chi connectivity index (χ3n) is 6.51. The molecule has 0 aliphatic rings. The number of carbonyl (C=O) groups is 2. The van der Waals surface area contributed by atoms with Crippen LogP contribution in [0.2, 0.25) is 0 Å². The lowest BCUT2D eigenvalue weighted by Crippen LogP contribution is -2.52. The van der Waals surface area contributed by atoms with Crippen LogP contribution in [0.1, 0.15) is 39.7 Å². The van der Waals surface area contributed by atoms with E-state index in [9.17, 15) is 22.4 Å². The van der Waals surface area contributed by atoms with Gasteiger partial charge in [-0.1, -0.05) is 43.3 Å². The molecule has 0 aliphatic heterocycles. The molecule has 2 atom stereocenters. The van der Waals surface area contributed by atoms with E-state index in [0.717, 1.165) is 4.31 Å². The summed E-state index contributed by atoms with van der Waals surface area (Å²) in [4.78, 5) is 28.2. The molecule has 3 aromatic carbocycles. The van der Waals surface area contributed by atoms with Crippen LogP contribution in [0.5, 0.6) is 5.75 Å². The summed E-state index contributed by atoms with van der Waals surface area (Å²) in [6.07, 6.45) is 0.681. The number of hydrogen-bond acceptors (Lipinski definition) is 5. The lowest BCUT2D eigenvalue weighted by molar-refractivity contribution is -0.139. The average Bonchev–Trinajstić information content (AvgIpc) is 2.96. The smallest absolute Gasteiger partial charge is 0.264 e. The van der Waals surface area contributed by atoms with Gasteiger partial charge in [0.1, 0.15) is 24.2 Å². The van der Waals surface area contributed by atoms with Crippen LogP contribution in [0.4, 0.5) is 10.1 Å². The van der Waals surface area contributed by atoms with Crippen molar-refractivity contribution in [1.29, 1.82) is 0 Å². The van der Waals surface area contributed by atoms with Crippen LogP contribution in [0.3, 0.4) is 0 Å². The Morgan fingerprint density at radius 1 is 0.925 bits per heavy atom. The Kier molecular flexibility index (Phi) is 10.7. The number of hydrogen-bond donors (Lipinski definition) is 1. The molecule has 0 aliphatic carbocycles. The molecule has 8 nitrogen and oxygen atoms in total. The number of rotatable bonds is 13. The average molecular weight is 570 g/mol. The van der Waals surface area contributed by atoms with Crippen LogP contribution in [0, 0.1) is 5.82 Å². The summed E-state index contributed by atoms with van der Waals surface area (Å²) >= 11 is 0. The Balaban J connectivity index is 2.02. The Morgan fingerprint density at radius 3 is 2.15 bits per heavy atom. The van der Waals surface area contributed by atoms with E-state index in [1.807, 2.05) is 20.8 Å². The minimum absolute atomic E-state index is 0.0000920. The van der Waals surface area contributed by atoms with Gasteiger partial charge in [-0.2, -0.15) is 0 Å². The van der Waals surface area contributed by atoms with Gasteiger partial charge in [0.05, 0.1) is 17.2 Å². The van der Waals surface area contributed by atoms with Crippen molar-refractivity contribution in [2.24, 2.45) is 0 Å². The van der Waals surface area contributed by atoms with Crippen molar-refractivity contribution in [3.63, 3.8) is 0 Å². The fourth-order valence-electron chi connectivity index (χ4n) is 3.98. The molecule has 0 radical (unpaired) electrons. The Hall–Kier alpha value is -3.92. The van der Waals surface area contributed by atoms with Crippen LogP contribution in [-0.4, -0.2) is 50.4 Å². The molecule has 0 fully saturated rings. The summed E-state index contributed by atoms with van der Waals surface area (Å²) in [6, 6.07) is 19.0. The van der Waals surface area contributed by atoms with E-state index in [1.165, 1.54) is 35.2 Å². The first-order chi connectivity index (χ1) is 19.1. The minimum Gasteiger partial charge on any atom is -0.494 e. The number of amides is 2. The molecule has 0 saturated heterocycles. The number of anilines is 1. The van der Waals surface area contributed by atoms with Crippen molar-refractivity contribution in [2.75, 3.05) is 17.5 Å². The van der Waals surface area contributed by atoms with Gasteiger partial charge in [0.2, 0.25) is 11.8 Å². The van der Waals surface area contributed by atoms with Crippen molar-refractivity contribution in [2.45, 2.75) is 57.6 Å². The number of sulfonamides is 1. The highest BCUT2D eigenvalue weighted by Gasteiger charge is 2.33. The zero-order chi connectivity index (χ0) is 29.3. The molecular formula is C30H36FN3O5S. The molecule has 0 bridgehead atoms. The van der Waals surface area contributed by atoms with E-state index < -0.39 is 40.2 Å². The standard InChI is InChI=1S/C30H36FN3O5S/c1-5-22(3)32-30(36)23(4)33(20-24-12-10-11-15-28(24)31)29(35)21-34(25-16-18-26(19-17-25)39-6-2)40(37,38)27-13-8-7-9-14-27/h7-19,22-23H,5-6,20-21H2,1-4H3,(H,32,36). The van der Waals surface area contributed by atoms with Gasteiger partial charge in [-0.05, 0) is 69.7 Å². The normalized spacial score (nSPS) is 12.7. The van der Waals surface area contributed by atoms with E-state index in [0.29, 0.717) is 18.8 Å². The molecule has 0 aromatic heterocycles. The van der Waals surface area contributed by atoms with E-state index in [4.69, 9.17) is 4.74 Å². The maximum absolute atomic E-state index is 14.6. The summed E-state index contributed by atoms with van der Waals surface area (Å²) in [6.45, 7) is 6.74. The van der Waals surface area contributed by atoms with Gasteiger partial charge in [0.15, 0.2) is 0 Å². The van der Waals surface area contributed by atoms with E-state index in [-0.39, 0.29) is 28.7 Å². The third kappa shape index (κ3) is 7.59. The molecule has 40 heavy (non-hydrogen) atoms. The van der Waals surface area contributed by atoms with Gasteiger partial charge in [-0.25, -0.2) is 12.8 Å². The highest BCUT2D eigenvalue weighted by Crippen LogP contribution is 2.26. The fourth-order valence-corrected chi connectivity index (χ4v) is 5.42. The van der Waals surface area contributed by atoms with Crippen LogP contribution in [0.15, 0.2) is 83.8 Å². The SMILES string of the molecule is CCOc1ccc(N(CC(=O)N(Cc2ccccc2F)C(C)C(=O)NC(C)CC)S(=O)(=O)c2ccccc2)cc1. The zero-order valence-electron chi connectivity index (χ0n) is 23.2. The third-order valence-corrected chi connectivity index (χ3v) is 8.30. The Morgan fingerprint density at radius 2 is 1.55 bits per heavy atom. The summed E-state index contributed by atoms with van der Waals surface area (Å²) in [7, 11) is -4.19. The second-order valence-electron chi connectivity index (χ2n) is 9.36. The molecule has 3 aromatic rings. The number of nitrogens with one attached hydrogen (secondary N) is 1. The van der Waals surface area contributed by atoms with Gasteiger partial charge in [0.25, 0.3) is 10.0 Å². The second kappa shape index (κ2) is 13.9. The second-order valence-corrected chi connectivity index (χ2v) is 11.2. The first kappa shape index (κ1) is 30.6. The number of carbonyl (C=O) groups excluding carboxylic acids is 2. The molecule has 2 unspecified atom stereocenters. The van der Waals surface area contributed by atoms with Crippen LogP contribution in [0.25, 0.3) is 0 Å². The minimum atomic E-state index is -4.19. The van der Waals surface area contributed by atoms with E-state index in [2.05, 4.69) is 5.32 Å². The molecule has 2 amide bonds. The first-order valence-corrected chi connectivity index (χ1v) is 14.7. The monoisotopic (exact) mass is 569 g/mol. The van der Waals surface area contributed by atoms with Gasteiger partial charge in [-0.15, -0.1) is 0 Å². The van der Waals surface area contributed by atoms with Gasteiger partial charge in [-0.3, -0.25) is 13.9 Å². The first-order valence-electron chi connectivity index (χ1n) is 13.2. The summed E-state index contributed by atoms with van der Waals surface area (Å²) in [5, 5.41) is 2.85. The predicted molar refractivity (Wildman–Crippen MR) is 153 cm³/mol. The van der Waals surface area contributed by atoms with Crippen LogP contribution in [-0.2, 0) is 26.2 Å². The maximum atomic E-state index is 14.6. The van der Waals surface area contributed by atoms with Crippen molar-refractivity contribution >= 4 is 27.5 Å². The summed E-state index contributed by atoms with van der Waals surface area (Å²) in [5.41, 5.74) is 0.445. The maximum Gasteiger partial charge on any atom is 0.264 e. The van der Waals surface area contributed by atoms with E-state index >= 15 is 0 Å². The van der Waals surface area contributed by atoms with Gasteiger partial charge < -0.3 is 15.0 Å². The van der Waals surface area contributed by atoms with Crippen molar-refractivity contribution < 1.29 is 27.1 Å². The number of benzene rings is 3. The van der Waals surface area contributed by atoms with E-state index in [1.54, 1.807) is 55.5 Å². The predicted octanol–water partition coefficient (Wildman–Crippen LogP) is 4.75. The molecule has 1 N–H and O–H groups in total. The molecule has 214 valence electrons. The molecule has 0 saturated carbocycles. The number of halogens is 1. The molecular weight excluding hydrogens is 533 g/mol. The summed E-state index contributed by atoms with van der Waals surface area (Å²) in [5.74, 6) is -1.07. The molecule has 0 heterocycles. The molecule has 10 heteroatoms. The van der Waals surface area contributed by atoms with Gasteiger partial charge >= 0.3 is 0 Å². The zero-order valence-corrected chi connectivity index (χ0v) is 24.0. The largest absolute Gasteiger partial charge is 0.494 e. The molecule has 3 rings (SSSR count).